The molecular weight excluding hydrogens is 294 g/mol. The van der Waals surface area contributed by atoms with E-state index in [-0.39, 0.29) is 16.4 Å². The number of benzene rings is 1. The minimum absolute atomic E-state index is 0.168. The molecule has 1 aromatic carbocycles. The number of nitrogens with one attached hydrogen (secondary N) is 1. The molecule has 1 aliphatic heterocycles. The van der Waals surface area contributed by atoms with Gasteiger partial charge in [0, 0.05) is 31.0 Å². The van der Waals surface area contributed by atoms with Gasteiger partial charge in [-0.15, -0.1) is 0 Å². The summed E-state index contributed by atoms with van der Waals surface area (Å²) in [6.07, 6.45) is 1.59. The first kappa shape index (κ1) is 15.9. The molecule has 0 amide bonds. The third-order valence-corrected chi connectivity index (χ3v) is 5.04. The van der Waals surface area contributed by atoms with E-state index in [0.29, 0.717) is 19.5 Å². The van der Waals surface area contributed by atoms with Gasteiger partial charge in [0.15, 0.2) is 0 Å². The maximum atomic E-state index is 12.0. The lowest BCUT2D eigenvalue weighted by Crippen LogP contribution is -2.47. The van der Waals surface area contributed by atoms with Crippen LogP contribution in [0.3, 0.4) is 0 Å². The van der Waals surface area contributed by atoms with Crippen LogP contribution < -0.4 is 4.72 Å². The van der Waals surface area contributed by atoms with Gasteiger partial charge in [-0.1, -0.05) is 18.2 Å². The van der Waals surface area contributed by atoms with E-state index in [4.69, 9.17) is 0 Å². The average molecular weight is 313 g/mol. The molecule has 7 nitrogen and oxygen atoms in total. The molecule has 2 rings (SSSR count). The fourth-order valence-corrected chi connectivity index (χ4v) is 3.52. The molecule has 21 heavy (non-hydrogen) atoms. The Morgan fingerprint density at radius 2 is 2.00 bits per heavy atom. The number of hydrogen-bond acceptors (Lipinski definition) is 5. The Labute approximate surface area is 124 Å². The van der Waals surface area contributed by atoms with Crippen LogP contribution in [0.15, 0.2) is 35.2 Å². The molecule has 0 aromatic heterocycles. The van der Waals surface area contributed by atoms with Crippen molar-refractivity contribution >= 4 is 10.0 Å². The van der Waals surface area contributed by atoms with Gasteiger partial charge >= 0.3 is 0 Å². The Bertz CT molecular complexity index is 576. The van der Waals surface area contributed by atoms with E-state index in [9.17, 15) is 18.5 Å². The van der Waals surface area contributed by atoms with Crippen LogP contribution in [-0.4, -0.2) is 44.0 Å². The number of piperidine rings is 1. The molecule has 0 spiro atoms. The monoisotopic (exact) mass is 313 g/mol. The second-order valence-corrected chi connectivity index (χ2v) is 6.78. The SMILES string of the molecule is O=[N+]([O-])C1CCCCN1CCNS(=O)(=O)c1ccccc1. The summed E-state index contributed by atoms with van der Waals surface area (Å²) in [5, 5.41) is 11.0. The highest BCUT2D eigenvalue weighted by atomic mass is 32.2. The second kappa shape index (κ2) is 6.97. The van der Waals surface area contributed by atoms with Gasteiger partial charge < -0.3 is 0 Å². The summed E-state index contributed by atoms with van der Waals surface area (Å²) >= 11 is 0. The molecule has 0 saturated carbocycles. The van der Waals surface area contributed by atoms with Gasteiger partial charge in [0.2, 0.25) is 10.0 Å². The molecule has 0 bridgehead atoms. The standard InChI is InChI=1S/C13H19N3O4S/c17-16(18)13-8-4-5-10-15(13)11-9-14-21(19,20)12-6-2-1-3-7-12/h1-3,6-7,13-14H,4-5,8-11H2. The third-order valence-electron chi connectivity index (χ3n) is 3.57. The Balaban J connectivity index is 1.90. The molecule has 1 saturated heterocycles. The van der Waals surface area contributed by atoms with Crippen LogP contribution in [0.5, 0.6) is 0 Å². The molecule has 1 aromatic rings. The van der Waals surface area contributed by atoms with Gasteiger partial charge in [0.1, 0.15) is 0 Å². The summed E-state index contributed by atoms with van der Waals surface area (Å²) in [5.41, 5.74) is 0. The Kier molecular flexibility index (Phi) is 5.27. The molecule has 1 heterocycles. The van der Waals surface area contributed by atoms with E-state index in [1.807, 2.05) is 0 Å². The van der Waals surface area contributed by atoms with Crippen molar-refractivity contribution < 1.29 is 13.3 Å². The van der Waals surface area contributed by atoms with E-state index in [1.54, 1.807) is 23.1 Å². The summed E-state index contributed by atoms with van der Waals surface area (Å²) in [5.74, 6) is 0. The van der Waals surface area contributed by atoms with E-state index in [2.05, 4.69) is 4.72 Å². The predicted octanol–water partition coefficient (Wildman–Crippen LogP) is 1.05. The Hall–Kier alpha value is -1.51. The summed E-state index contributed by atoms with van der Waals surface area (Å²) in [6, 6.07) is 8.09. The minimum atomic E-state index is -3.55. The number of rotatable bonds is 6. The first-order valence-corrected chi connectivity index (χ1v) is 8.41. The maximum Gasteiger partial charge on any atom is 0.268 e. The van der Waals surface area contributed by atoms with Crippen LogP contribution in [0.4, 0.5) is 0 Å². The van der Waals surface area contributed by atoms with Gasteiger partial charge in [0.25, 0.3) is 6.17 Å². The van der Waals surface area contributed by atoms with Crippen LogP contribution in [0.2, 0.25) is 0 Å². The van der Waals surface area contributed by atoms with E-state index < -0.39 is 16.2 Å². The van der Waals surface area contributed by atoms with Crippen molar-refractivity contribution in [3.05, 3.63) is 40.4 Å². The molecule has 1 N–H and O–H groups in total. The summed E-state index contributed by atoms with van der Waals surface area (Å²) in [4.78, 5) is 12.6. The third kappa shape index (κ3) is 4.23. The smallest absolute Gasteiger partial charge is 0.263 e. The molecule has 1 fully saturated rings. The number of sulfonamides is 1. The van der Waals surface area contributed by atoms with Crippen LogP contribution in [0.1, 0.15) is 19.3 Å². The van der Waals surface area contributed by atoms with Crippen LogP contribution in [0, 0.1) is 10.1 Å². The minimum Gasteiger partial charge on any atom is -0.263 e. The van der Waals surface area contributed by atoms with Crippen molar-refractivity contribution in [3.8, 4) is 0 Å². The fraction of sp³-hybridized carbons (Fsp3) is 0.538. The van der Waals surface area contributed by atoms with Gasteiger partial charge in [-0.2, -0.15) is 0 Å². The van der Waals surface area contributed by atoms with Gasteiger partial charge in [-0.05, 0) is 25.0 Å². The van der Waals surface area contributed by atoms with Gasteiger partial charge in [0.05, 0.1) is 4.90 Å². The largest absolute Gasteiger partial charge is 0.268 e. The number of nitrogens with zero attached hydrogens (tertiary/aromatic N) is 2. The second-order valence-electron chi connectivity index (χ2n) is 5.01. The molecular formula is C13H19N3O4S. The average Bonchev–Trinajstić information content (AvgIpc) is 2.48. The lowest BCUT2D eigenvalue weighted by atomic mass is 10.1. The molecule has 1 atom stereocenters. The van der Waals surface area contributed by atoms with Crippen molar-refractivity contribution in [3.63, 3.8) is 0 Å². The van der Waals surface area contributed by atoms with Crippen molar-refractivity contribution in [2.24, 2.45) is 0 Å². The predicted molar refractivity (Wildman–Crippen MR) is 77.8 cm³/mol. The molecule has 8 heteroatoms. The van der Waals surface area contributed by atoms with Crippen molar-refractivity contribution in [1.82, 2.24) is 9.62 Å². The Morgan fingerprint density at radius 1 is 1.29 bits per heavy atom. The molecule has 1 unspecified atom stereocenters. The highest BCUT2D eigenvalue weighted by Crippen LogP contribution is 2.16. The van der Waals surface area contributed by atoms with Crippen molar-refractivity contribution in [2.45, 2.75) is 30.3 Å². The zero-order valence-electron chi connectivity index (χ0n) is 11.6. The number of likely N-dealkylation sites (tertiary alicyclic amines) is 1. The lowest BCUT2D eigenvalue weighted by molar-refractivity contribution is -0.554. The van der Waals surface area contributed by atoms with Crippen LogP contribution in [-0.2, 0) is 10.0 Å². The summed E-state index contributed by atoms with van der Waals surface area (Å²) in [7, 11) is -3.55. The zero-order valence-corrected chi connectivity index (χ0v) is 12.5. The normalized spacial score (nSPS) is 20.3. The van der Waals surface area contributed by atoms with Gasteiger partial charge in [-0.3, -0.25) is 10.1 Å². The van der Waals surface area contributed by atoms with Crippen molar-refractivity contribution in [1.29, 1.82) is 0 Å². The molecule has 1 aliphatic rings. The van der Waals surface area contributed by atoms with Crippen LogP contribution in [0.25, 0.3) is 0 Å². The molecule has 0 radical (unpaired) electrons. The first-order chi connectivity index (χ1) is 10.0. The lowest BCUT2D eigenvalue weighted by Gasteiger charge is -2.29. The molecule has 0 aliphatic carbocycles. The van der Waals surface area contributed by atoms with Crippen molar-refractivity contribution in [2.75, 3.05) is 19.6 Å². The van der Waals surface area contributed by atoms with Gasteiger partial charge in [-0.25, -0.2) is 18.0 Å². The topological polar surface area (TPSA) is 92.6 Å². The van der Waals surface area contributed by atoms with E-state index in [1.165, 1.54) is 12.1 Å². The first-order valence-electron chi connectivity index (χ1n) is 6.93. The zero-order chi connectivity index (χ0) is 15.3. The Morgan fingerprint density at radius 3 is 2.67 bits per heavy atom. The molecule has 116 valence electrons. The van der Waals surface area contributed by atoms with E-state index in [0.717, 1.165) is 12.8 Å². The summed E-state index contributed by atoms with van der Waals surface area (Å²) in [6.45, 7) is 1.15. The number of nitro groups is 1. The number of hydrogen-bond donors (Lipinski definition) is 1. The summed E-state index contributed by atoms with van der Waals surface area (Å²) < 4.78 is 26.5. The highest BCUT2D eigenvalue weighted by molar-refractivity contribution is 7.89. The van der Waals surface area contributed by atoms with E-state index >= 15 is 0 Å². The highest BCUT2D eigenvalue weighted by Gasteiger charge is 2.31. The maximum absolute atomic E-state index is 12.0. The quantitative estimate of drug-likeness (QED) is 0.626. The fourth-order valence-electron chi connectivity index (χ4n) is 2.48. The van der Waals surface area contributed by atoms with Crippen LogP contribution >= 0.6 is 0 Å².